The topological polar surface area (TPSA) is 63.2 Å². The Bertz CT molecular complexity index is 639. The van der Waals surface area contributed by atoms with E-state index in [0.717, 1.165) is 24.4 Å². The van der Waals surface area contributed by atoms with Gasteiger partial charge in [0.1, 0.15) is 5.75 Å². The number of ether oxygens (including phenoxy) is 2. The van der Waals surface area contributed by atoms with Crippen molar-refractivity contribution in [3.05, 3.63) is 29.8 Å². The number of hydrogen-bond donors (Lipinski definition) is 1. The zero-order valence-electron chi connectivity index (χ0n) is 16.2. The number of halogens is 3. The maximum Gasteiger partial charge on any atom is 0.387 e. The van der Waals surface area contributed by atoms with Crippen LogP contribution in [0.2, 0.25) is 0 Å². The molecule has 0 amide bonds. The van der Waals surface area contributed by atoms with E-state index in [1.165, 1.54) is 6.07 Å². The van der Waals surface area contributed by atoms with Crippen molar-refractivity contribution in [1.29, 1.82) is 0 Å². The summed E-state index contributed by atoms with van der Waals surface area (Å²) in [4.78, 5) is 18.6. The van der Waals surface area contributed by atoms with E-state index in [1.807, 2.05) is 19.9 Å². The monoisotopic (exact) mass is 511 g/mol. The number of likely N-dealkylation sites (tertiary alicyclic amines) is 1. The van der Waals surface area contributed by atoms with Crippen LogP contribution in [0.4, 0.5) is 8.78 Å². The fraction of sp³-hybridized carbons (Fsp3) is 0.579. The van der Waals surface area contributed by atoms with Gasteiger partial charge in [-0.15, -0.1) is 24.0 Å². The molecule has 158 valence electrons. The summed E-state index contributed by atoms with van der Waals surface area (Å²) in [5.41, 5.74) is 0.782. The normalized spacial score (nSPS) is 15.2. The summed E-state index contributed by atoms with van der Waals surface area (Å²) in [5, 5.41) is 3.25. The third-order valence-electron chi connectivity index (χ3n) is 4.28. The van der Waals surface area contributed by atoms with Gasteiger partial charge in [0.25, 0.3) is 0 Å². The molecule has 6 nitrogen and oxygen atoms in total. The number of hydrogen-bond acceptors (Lipinski definition) is 4. The van der Waals surface area contributed by atoms with Gasteiger partial charge in [0.05, 0.1) is 19.1 Å². The van der Waals surface area contributed by atoms with E-state index in [0.29, 0.717) is 32.8 Å². The van der Waals surface area contributed by atoms with E-state index in [1.54, 1.807) is 12.1 Å². The van der Waals surface area contributed by atoms with Crippen molar-refractivity contribution >= 4 is 35.9 Å². The molecule has 1 aliphatic heterocycles. The molecule has 0 saturated carbocycles. The first kappa shape index (κ1) is 24.4. The van der Waals surface area contributed by atoms with Gasteiger partial charge in [-0.25, -0.2) is 4.99 Å². The maximum atomic E-state index is 12.3. The van der Waals surface area contributed by atoms with Crippen molar-refractivity contribution < 1.29 is 23.0 Å². The molecule has 0 unspecified atom stereocenters. The van der Waals surface area contributed by atoms with Crippen LogP contribution in [0, 0.1) is 5.92 Å². The highest BCUT2D eigenvalue weighted by atomic mass is 127. The molecule has 0 atom stereocenters. The van der Waals surface area contributed by atoms with Crippen LogP contribution in [-0.4, -0.2) is 49.7 Å². The Labute approximate surface area is 181 Å². The molecular formula is C19H28F2IN3O3. The number of guanidine groups is 1. The molecule has 1 aliphatic rings. The predicted molar refractivity (Wildman–Crippen MR) is 114 cm³/mol. The Hall–Kier alpha value is -1.65. The van der Waals surface area contributed by atoms with Crippen LogP contribution in [-0.2, 0) is 16.1 Å². The van der Waals surface area contributed by atoms with Gasteiger partial charge >= 0.3 is 12.6 Å². The third kappa shape index (κ3) is 7.76. The van der Waals surface area contributed by atoms with Gasteiger partial charge in [-0.3, -0.25) is 4.79 Å². The van der Waals surface area contributed by atoms with E-state index in [2.05, 4.69) is 19.9 Å². The van der Waals surface area contributed by atoms with Crippen LogP contribution in [0.15, 0.2) is 29.3 Å². The first-order valence-corrected chi connectivity index (χ1v) is 9.27. The van der Waals surface area contributed by atoms with Crippen molar-refractivity contribution in [3.8, 4) is 5.75 Å². The highest BCUT2D eigenvalue weighted by molar-refractivity contribution is 14.0. The van der Waals surface area contributed by atoms with E-state index in [4.69, 9.17) is 4.74 Å². The molecule has 9 heteroatoms. The molecule has 0 aliphatic carbocycles. The van der Waals surface area contributed by atoms with Crippen LogP contribution in [0.25, 0.3) is 0 Å². The highest BCUT2D eigenvalue weighted by Gasteiger charge is 2.27. The number of alkyl halides is 2. The average Bonchev–Trinajstić information content (AvgIpc) is 2.65. The van der Waals surface area contributed by atoms with Crippen LogP contribution >= 0.6 is 24.0 Å². The predicted octanol–water partition coefficient (Wildman–Crippen LogP) is 3.65. The van der Waals surface area contributed by atoms with Gasteiger partial charge in [0.2, 0.25) is 0 Å². The van der Waals surface area contributed by atoms with Gasteiger partial charge in [-0.1, -0.05) is 12.1 Å². The average molecular weight is 511 g/mol. The summed E-state index contributed by atoms with van der Waals surface area (Å²) in [6, 6.07) is 6.54. The number of carbonyl (C=O) groups excluding carboxylic acids is 1. The van der Waals surface area contributed by atoms with Crippen molar-refractivity contribution in [2.24, 2.45) is 10.9 Å². The Morgan fingerprint density at radius 3 is 2.64 bits per heavy atom. The molecule has 0 aromatic heterocycles. The first-order chi connectivity index (χ1) is 13.0. The number of benzene rings is 1. The van der Waals surface area contributed by atoms with Gasteiger partial charge < -0.3 is 19.7 Å². The molecule has 0 radical (unpaired) electrons. The highest BCUT2D eigenvalue weighted by Crippen LogP contribution is 2.20. The number of esters is 1. The zero-order valence-corrected chi connectivity index (χ0v) is 18.5. The molecule has 0 spiro atoms. The minimum Gasteiger partial charge on any atom is -0.466 e. The first-order valence-electron chi connectivity index (χ1n) is 9.27. The summed E-state index contributed by atoms with van der Waals surface area (Å²) in [6.45, 7) is 3.83. The summed E-state index contributed by atoms with van der Waals surface area (Å²) < 4.78 is 34.2. The van der Waals surface area contributed by atoms with Crippen molar-refractivity contribution in [2.45, 2.75) is 39.8 Å². The quantitative estimate of drug-likeness (QED) is 0.262. The largest absolute Gasteiger partial charge is 0.466 e. The molecule has 1 fully saturated rings. The van der Waals surface area contributed by atoms with Gasteiger partial charge in [0, 0.05) is 19.6 Å². The standard InChI is InChI=1S/C19H27F2N3O3.HI/c1-3-22-19(24-10-8-15(9-11-24)17(25)26-4-2)23-13-14-6-5-7-16(12-14)27-18(20)21;/h5-7,12,15,18H,3-4,8-11,13H2,1-2H3,(H,22,23);1H. The van der Waals surface area contributed by atoms with Crippen LogP contribution in [0.5, 0.6) is 5.75 Å². The Morgan fingerprint density at radius 1 is 1.32 bits per heavy atom. The molecule has 1 saturated heterocycles. The molecule has 1 aromatic rings. The lowest BCUT2D eigenvalue weighted by Crippen LogP contribution is -2.46. The lowest BCUT2D eigenvalue weighted by Gasteiger charge is -2.33. The number of nitrogens with one attached hydrogen (secondary N) is 1. The van der Waals surface area contributed by atoms with Crippen LogP contribution in [0.3, 0.4) is 0 Å². The molecule has 0 bridgehead atoms. The summed E-state index contributed by atoms with van der Waals surface area (Å²) in [6.07, 6.45) is 1.45. The van der Waals surface area contributed by atoms with Crippen molar-refractivity contribution in [3.63, 3.8) is 0 Å². The number of aliphatic imine (C=N–C) groups is 1. The molecule has 1 heterocycles. The Balaban J connectivity index is 0.00000392. The Kier molecular flexibility index (Phi) is 11.1. The lowest BCUT2D eigenvalue weighted by atomic mass is 9.97. The second kappa shape index (κ2) is 12.7. The second-order valence-corrected chi connectivity index (χ2v) is 6.21. The summed E-state index contributed by atoms with van der Waals surface area (Å²) in [7, 11) is 0. The fourth-order valence-electron chi connectivity index (χ4n) is 3.00. The molecular weight excluding hydrogens is 483 g/mol. The molecule has 1 N–H and O–H groups in total. The van der Waals surface area contributed by atoms with Crippen molar-refractivity contribution in [2.75, 3.05) is 26.2 Å². The Morgan fingerprint density at radius 2 is 2.04 bits per heavy atom. The molecule has 1 aromatic carbocycles. The van der Waals surface area contributed by atoms with Crippen LogP contribution in [0.1, 0.15) is 32.3 Å². The van der Waals surface area contributed by atoms with E-state index >= 15 is 0 Å². The van der Waals surface area contributed by atoms with E-state index in [9.17, 15) is 13.6 Å². The van der Waals surface area contributed by atoms with Gasteiger partial charge in [-0.05, 0) is 44.4 Å². The lowest BCUT2D eigenvalue weighted by molar-refractivity contribution is -0.149. The second-order valence-electron chi connectivity index (χ2n) is 6.21. The van der Waals surface area contributed by atoms with Crippen molar-refractivity contribution in [1.82, 2.24) is 10.2 Å². The van der Waals surface area contributed by atoms with E-state index in [-0.39, 0.29) is 41.6 Å². The number of rotatable bonds is 7. The van der Waals surface area contributed by atoms with Crippen LogP contribution < -0.4 is 10.1 Å². The maximum absolute atomic E-state index is 12.3. The fourth-order valence-corrected chi connectivity index (χ4v) is 3.00. The minimum absolute atomic E-state index is 0. The van der Waals surface area contributed by atoms with Gasteiger partial charge in [-0.2, -0.15) is 8.78 Å². The number of piperidine rings is 1. The van der Waals surface area contributed by atoms with E-state index < -0.39 is 6.61 Å². The SMILES string of the molecule is CCNC(=NCc1cccc(OC(F)F)c1)N1CCC(C(=O)OCC)CC1.I. The minimum atomic E-state index is -2.85. The number of carbonyl (C=O) groups is 1. The smallest absolute Gasteiger partial charge is 0.387 e. The number of nitrogens with zero attached hydrogens (tertiary/aromatic N) is 2. The molecule has 28 heavy (non-hydrogen) atoms. The third-order valence-corrected chi connectivity index (χ3v) is 4.28. The summed E-state index contributed by atoms with van der Waals surface area (Å²) >= 11 is 0. The zero-order chi connectivity index (χ0) is 19.6. The summed E-state index contributed by atoms with van der Waals surface area (Å²) in [5.74, 6) is 0.681. The van der Waals surface area contributed by atoms with Gasteiger partial charge in [0.15, 0.2) is 5.96 Å². The molecule has 2 rings (SSSR count).